The van der Waals surface area contributed by atoms with E-state index in [-0.39, 0.29) is 18.5 Å². The topological polar surface area (TPSA) is 95.9 Å². The average molecular weight is 971 g/mol. The Hall–Kier alpha value is -1.92. The van der Waals surface area contributed by atoms with Crippen molar-refractivity contribution in [3.63, 3.8) is 0 Å². The quantitative estimate of drug-likeness (QED) is 0.0321. The van der Waals surface area contributed by atoms with Gasteiger partial charge in [0.05, 0.1) is 25.4 Å². The zero-order chi connectivity index (χ0) is 50.0. The molecule has 0 radical (unpaired) electrons. The summed E-state index contributed by atoms with van der Waals surface area (Å²) in [6.07, 6.45) is 73.2. The second-order valence-electron chi connectivity index (χ2n) is 21.0. The first kappa shape index (κ1) is 67.1. The predicted octanol–water partition coefficient (Wildman–Crippen LogP) is 19.2. The molecule has 0 spiro atoms. The van der Waals surface area contributed by atoms with Crippen molar-refractivity contribution in [2.45, 2.75) is 341 Å². The van der Waals surface area contributed by atoms with Crippen molar-refractivity contribution >= 4 is 11.9 Å². The van der Waals surface area contributed by atoms with E-state index in [1.54, 1.807) is 6.08 Å². The van der Waals surface area contributed by atoms with Gasteiger partial charge in [0.1, 0.15) is 0 Å². The zero-order valence-electron chi connectivity index (χ0n) is 46.3. The normalized spacial score (nSPS) is 12.8. The van der Waals surface area contributed by atoms with E-state index >= 15 is 0 Å². The smallest absolute Gasteiger partial charge is 0.305 e. The fourth-order valence-electron chi connectivity index (χ4n) is 9.39. The van der Waals surface area contributed by atoms with E-state index in [1.807, 2.05) is 6.08 Å². The molecule has 0 aromatic heterocycles. The van der Waals surface area contributed by atoms with Crippen LogP contribution in [0, 0.1) is 0 Å². The molecule has 2 atom stereocenters. The van der Waals surface area contributed by atoms with Gasteiger partial charge in [0.25, 0.3) is 0 Å². The van der Waals surface area contributed by atoms with Crippen molar-refractivity contribution in [2.75, 3.05) is 13.2 Å². The zero-order valence-corrected chi connectivity index (χ0v) is 46.3. The molecule has 0 heterocycles. The number of rotatable bonds is 57. The second-order valence-corrected chi connectivity index (χ2v) is 21.0. The number of esters is 1. The van der Waals surface area contributed by atoms with Crippen molar-refractivity contribution in [1.29, 1.82) is 0 Å². The summed E-state index contributed by atoms with van der Waals surface area (Å²) in [6.45, 7) is 4.90. The molecule has 0 aliphatic carbocycles. The first-order valence-electron chi connectivity index (χ1n) is 30.8. The predicted molar refractivity (Wildman–Crippen MR) is 301 cm³/mol. The maximum atomic E-state index is 12.5. The Bertz CT molecular complexity index is 1120. The largest absolute Gasteiger partial charge is 0.466 e. The summed E-state index contributed by atoms with van der Waals surface area (Å²) in [6, 6.07) is -0.635. The van der Waals surface area contributed by atoms with Crippen LogP contribution in [0.5, 0.6) is 0 Å². The molecule has 406 valence electrons. The van der Waals surface area contributed by atoms with Gasteiger partial charge in [-0.1, -0.05) is 269 Å². The second kappa shape index (κ2) is 58.6. The Morgan fingerprint density at radius 2 is 0.681 bits per heavy atom. The number of hydrogen-bond acceptors (Lipinski definition) is 5. The van der Waals surface area contributed by atoms with Crippen molar-refractivity contribution in [2.24, 2.45) is 0 Å². The number of amides is 1. The molecular formula is C63H119NO5. The third kappa shape index (κ3) is 55.2. The molecule has 0 saturated carbocycles. The Labute approximate surface area is 430 Å². The molecule has 0 aromatic carbocycles. The number of carbonyl (C=O) groups excluding carboxylic acids is 2. The summed E-state index contributed by atoms with van der Waals surface area (Å²) in [5, 5.41) is 23.1. The van der Waals surface area contributed by atoms with Crippen LogP contribution < -0.4 is 5.32 Å². The van der Waals surface area contributed by atoms with Crippen LogP contribution in [0.1, 0.15) is 328 Å². The number of carbonyl (C=O) groups is 2. The van der Waals surface area contributed by atoms with Crippen LogP contribution in [-0.2, 0) is 14.3 Å². The van der Waals surface area contributed by atoms with Gasteiger partial charge in [0, 0.05) is 12.8 Å². The van der Waals surface area contributed by atoms with Crippen molar-refractivity contribution < 1.29 is 24.5 Å². The van der Waals surface area contributed by atoms with Gasteiger partial charge >= 0.3 is 5.97 Å². The molecule has 0 aliphatic rings. The van der Waals surface area contributed by atoms with E-state index in [2.05, 4.69) is 43.5 Å². The van der Waals surface area contributed by atoms with Crippen molar-refractivity contribution in [1.82, 2.24) is 5.32 Å². The van der Waals surface area contributed by atoms with Gasteiger partial charge in [-0.15, -0.1) is 0 Å². The molecule has 0 aromatic rings. The van der Waals surface area contributed by atoms with Gasteiger partial charge in [-0.05, 0) is 83.5 Å². The Kier molecular flexibility index (Phi) is 57.0. The van der Waals surface area contributed by atoms with E-state index in [0.717, 1.165) is 51.4 Å². The highest BCUT2D eigenvalue weighted by molar-refractivity contribution is 5.76. The van der Waals surface area contributed by atoms with Crippen molar-refractivity contribution in [3.05, 3.63) is 36.5 Å². The van der Waals surface area contributed by atoms with Crippen LogP contribution in [0.4, 0.5) is 0 Å². The monoisotopic (exact) mass is 970 g/mol. The summed E-state index contributed by atoms with van der Waals surface area (Å²) in [5.41, 5.74) is 0. The molecule has 0 saturated heterocycles. The minimum absolute atomic E-state index is 0.00182. The standard InChI is InChI=1S/C63H119NO5/c1-3-5-7-9-11-13-15-17-19-27-31-35-39-43-47-51-55-61(66)60(59-65)64-62(67)56-52-48-44-40-36-32-28-25-23-21-22-24-26-30-34-38-42-46-50-54-58-69-63(68)57-53-49-45-41-37-33-29-20-18-16-14-12-10-8-6-4-2/h20-21,23,29,51,55,60-61,65-66H,3-19,22,24-28,30-50,52-54,56-59H2,1-2H3,(H,64,67)/b23-21-,29-20-,55-51+. The van der Waals surface area contributed by atoms with Gasteiger partial charge < -0.3 is 20.3 Å². The van der Waals surface area contributed by atoms with E-state index in [1.165, 1.54) is 250 Å². The van der Waals surface area contributed by atoms with Crippen LogP contribution in [0.25, 0.3) is 0 Å². The minimum atomic E-state index is -0.850. The maximum absolute atomic E-state index is 12.5. The molecule has 0 rings (SSSR count). The molecular weight excluding hydrogens is 851 g/mol. The van der Waals surface area contributed by atoms with Gasteiger partial charge in [-0.3, -0.25) is 9.59 Å². The Morgan fingerprint density at radius 3 is 1.03 bits per heavy atom. The molecule has 3 N–H and O–H groups in total. The highest BCUT2D eigenvalue weighted by Gasteiger charge is 2.18. The number of ether oxygens (including phenoxy) is 1. The SMILES string of the molecule is CCCCCCCCC/C=C\CCCCCCCC(=O)OCCCCCCCCCCC/C=C\CCCCCCCCCC(=O)NC(CO)C(O)/C=C/CCCCCCCCCCCCCCCC. The van der Waals surface area contributed by atoms with Crippen LogP contribution in [-0.4, -0.2) is 47.4 Å². The summed E-state index contributed by atoms with van der Waals surface area (Å²) in [4.78, 5) is 24.5. The maximum Gasteiger partial charge on any atom is 0.305 e. The third-order valence-corrected chi connectivity index (χ3v) is 14.1. The average Bonchev–Trinajstić information content (AvgIpc) is 3.35. The van der Waals surface area contributed by atoms with E-state index in [4.69, 9.17) is 4.74 Å². The fraction of sp³-hybridized carbons (Fsp3) is 0.873. The van der Waals surface area contributed by atoms with Gasteiger partial charge in [-0.2, -0.15) is 0 Å². The summed E-state index contributed by atoms with van der Waals surface area (Å²) in [7, 11) is 0. The lowest BCUT2D eigenvalue weighted by Gasteiger charge is -2.20. The lowest BCUT2D eigenvalue weighted by Crippen LogP contribution is -2.45. The first-order chi connectivity index (χ1) is 34.0. The molecule has 69 heavy (non-hydrogen) atoms. The molecule has 6 nitrogen and oxygen atoms in total. The number of aliphatic hydroxyl groups is 2. The van der Waals surface area contributed by atoms with E-state index in [9.17, 15) is 19.8 Å². The Balaban J connectivity index is 3.46. The van der Waals surface area contributed by atoms with E-state index < -0.39 is 12.1 Å². The van der Waals surface area contributed by atoms with Gasteiger partial charge in [0.2, 0.25) is 5.91 Å². The van der Waals surface area contributed by atoms with Gasteiger partial charge in [-0.25, -0.2) is 0 Å². The van der Waals surface area contributed by atoms with Crippen LogP contribution >= 0.6 is 0 Å². The number of hydrogen-bond donors (Lipinski definition) is 3. The van der Waals surface area contributed by atoms with Gasteiger partial charge in [0.15, 0.2) is 0 Å². The highest BCUT2D eigenvalue weighted by atomic mass is 16.5. The van der Waals surface area contributed by atoms with E-state index in [0.29, 0.717) is 19.4 Å². The molecule has 1 amide bonds. The minimum Gasteiger partial charge on any atom is -0.466 e. The summed E-state index contributed by atoms with van der Waals surface area (Å²) in [5.74, 6) is -0.0774. The molecule has 6 heteroatoms. The number of nitrogens with one attached hydrogen (secondary N) is 1. The highest BCUT2D eigenvalue weighted by Crippen LogP contribution is 2.16. The fourth-order valence-corrected chi connectivity index (χ4v) is 9.39. The van der Waals surface area contributed by atoms with Crippen LogP contribution in [0.3, 0.4) is 0 Å². The number of unbranched alkanes of at least 4 members (excludes halogenated alkanes) is 42. The number of allylic oxidation sites excluding steroid dienone is 5. The van der Waals surface area contributed by atoms with Crippen molar-refractivity contribution in [3.8, 4) is 0 Å². The van der Waals surface area contributed by atoms with Crippen LogP contribution in [0.2, 0.25) is 0 Å². The number of aliphatic hydroxyl groups excluding tert-OH is 2. The summed E-state index contributed by atoms with van der Waals surface area (Å²) >= 11 is 0. The Morgan fingerprint density at radius 1 is 0.391 bits per heavy atom. The third-order valence-electron chi connectivity index (χ3n) is 14.1. The summed E-state index contributed by atoms with van der Waals surface area (Å²) < 4.78 is 5.48. The molecule has 0 fully saturated rings. The molecule has 2 unspecified atom stereocenters. The lowest BCUT2D eigenvalue weighted by atomic mass is 10.0. The van der Waals surface area contributed by atoms with Crippen LogP contribution in [0.15, 0.2) is 36.5 Å². The molecule has 0 aliphatic heterocycles. The molecule has 0 bridgehead atoms. The lowest BCUT2D eigenvalue weighted by molar-refractivity contribution is -0.143. The first-order valence-corrected chi connectivity index (χ1v) is 30.8.